The summed E-state index contributed by atoms with van der Waals surface area (Å²) in [6.07, 6.45) is 2.64. The molecule has 0 aromatic heterocycles. The van der Waals surface area contributed by atoms with Crippen molar-refractivity contribution in [2.75, 3.05) is 19.7 Å². The monoisotopic (exact) mass is 509 g/mol. The van der Waals surface area contributed by atoms with Crippen LogP contribution in [-0.2, 0) is 9.59 Å². The first-order valence-electron chi connectivity index (χ1n) is 11.9. The number of carbonyl (C=O) groups excluding carboxylic acids is 4. The Balaban J connectivity index is 2.63. The molecule has 1 rings (SSSR count). The van der Waals surface area contributed by atoms with E-state index in [2.05, 4.69) is 28.2 Å². The van der Waals surface area contributed by atoms with E-state index in [4.69, 9.17) is 16.2 Å². The first kappa shape index (κ1) is 30.4. The molecular weight excluding hydrogens is 470 g/mol. The molecule has 35 heavy (non-hydrogen) atoms. The summed E-state index contributed by atoms with van der Waals surface area (Å²) in [4.78, 5) is 48.7. The summed E-state index contributed by atoms with van der Waals surface area (Å²) in [6, 6.07) is 3.38. The van der Waals surface area contributed by atoms with Crippen molar-refractivity contribution in [1.29, 1.82) is 0 Å². The van der Waals surface area contributed by atoms with Crippen molar-refractivity contribution < 1.29 is 23.9 Å². The van der Waals surface area contributed by atoms with Crippen LogP contribution in [0, 0.1) is 5.92 Å². The Morgan fingerprint density at radius 2 is 1.80 bits per heavy atom. The minimum atomic E-state index is -0.815. The average molecular weight is 510 g/mol. The molecule has 1 unspecified atom stereocenters. The Morgan fingerprint density at radius 1 is 1.09 bits per heavy atom. The standard InChI is InChI=1S/C24H39N5O5S/c1-15(2)13-20(29-35)24(33)28-19(22(26)31)7-4-5-11-27-23(32)18-14-17(16(3)30)8-9-21(18)34-12-6-10-25/h8-9,14-15,19-20,29,35H,4-7,10-13,25H2,1-3H3,(H2,26,31)(H,27,32)(H,28,33)/t19?,20-/m0/s1. The summed E-state index contributed by atoms with van der Waals surface area (Å²) in [7, 11) is 0. The van der Waals surface area contributed by atoms with Crippen LogP contribution in [0.1, 0.15) is 73.6 Å². The molecule has 0 saturated carbocycles. The van der Waals surface area contributed by atoms with Crippen LogP contribution in [0.15, 0.2) is 18.2 Å². The Kier molecular flexibility index (Phi) is 14.0. The van der Waals surface area contributed by atoms with Gasteiger partial charge in [-0.3, -0.25) is 23.9 Å². The van der Waals surface area contributed by atoms with Gasteiger partial charge in [-0.25, -0.2) is 0 Å². The molecule has 0 aliphatic carbocycles. The summed E-state index contributed by atoms with van der Waals surface area (Å²) in [5, 5.41) is 5.49. The van der Waals surface area contributed by atoms with E-state index in [0.717, 1.165) is 0 Å². The van der Waals surface area contributed by atoms with Crippen molar-refractivity contribution >= 4 is 36.3 Å². The highest BCUT2D eigenvalue weighted by atomic mass is 32.1. The number of unbranched alkanes of at least 4 members (excludes halogenated alkanes) is 1. The number of nitrogens with two attached hydrogens (primary N) is 2. The maximum absolute atomic E-state index is 12.7. The Morgan fingerprint density at radius 3 is 2.37 bits per heavy atom. The van der Waals surface area contributed by atoms with E-state index in [1.54, 1.807) is 12.1 Å². The largest absolute Gasteiger partial charge is 0.493 e. The van der Waals surface area contributed by atoms with Gasteiger partial charge in [-0.1, -0.05) is 26.7 Å². The molecule has 0 fully saturated rings. The van der Waals surface area contributed by atoms with E-state index in [9.17, 15) is 19.2 Å². The summed E-state index contributed by atoms with van der Waals surface area (Å²) in [6.45, 7) is 6.55. The SMILES string of the molecule is CC(=O)c1ccc(OCCCN)c(C(=O)NCCCCC(NC(=O)[C@H](CC(C)C)NS)C(N)=O)c1. The lowest BCUT2D eigenvalue weighted by atomic mass is 10.0. The first-order valence-corrected chi connectivity index (χ1v) is 12.3. The average Bonchev–Trinajstić information content (AvgIpc) is 2.81. The molecule has 196 valence electrons. The van der Waals surface area contributed by atoms with Crippen LogP contribution < -0.4 is 31.6 Å². The lowest BCUT2D eigenvalue weighted by Crippen LogP contribution is -2.50. The Labute approximate surface area is 212 Å². The summed E-state index contributed by atoms with van der Waals surface area (Å²) >= 11 is 4.00. The molecule has 0 saturated heterocycles. The molecule has 10 nitrogen and oxygen atoms in total. The zero-order valence-electron chi connectivity index (χ0n) is 20.8. The van der Waals surface area contributed by atoms with E-state index in [1.807, 2.05) is 13.8 Å². The Bertz CT molecular complexity index is 865. The van der Waals surface area contributed by atoms with Gasteiger partial charge < -0.3 is 26.8 Å². The number of carbonyl (C=O) groups is 4. The summed E-state index contributed by atoms with van der Waals surface area (Å²) in [5.41, 5.74) is 11.6. The molecule has 7 N–H and O–H groups in total. The van der Waals surface area contributed by atoms with Gasteiger partial charge in [0.05, 0.1) is 18.2 Å². The number of ketones is 1. The number of nitrogens with one attached hydrogen (secondary N) is 3. The van der Waals surface area contributed by atoms with Crippen molar-refractivity contribution in [3.63, 3.8) is 0 Å². The molecule has 0 aliphatic heterocycles. The number of primary amides is 1. The van der Waals surface area contributed by atoms with Crippen molar-refractivity contribution in [2.24, 2.45) is 17.4 Å². The first-order chi connectivity index (χ1) is 16.6. The molecule has 0 heterocycles. The normalized spacial score (nSPS) is 12.6. The van der Waals surface area contributed by atoms with Gasteiger partial charge in [-0.15, -0.1) is 0 Å². The van der Waals surface area contributed by atoms with Crippen LogP contribution in [0.25, 0.3) is 0 Å². The van der Waals surface area contributed by atoms with Crippen LogP contribution in [-0.4, -0.2) is 55.3 Å². The minimum Gasteiger partial charge on any atom is -0.493 e. The molecular formula is C24H39N5O5S. The third-order valence-corrected chi connectivity index (χ3v) is 5.59. The van der Waals surface area contributed by atoms with E-state index in [1.165, 1.54) is 13.0 Å². The number of hydrogen-bond donors (Lipinski definition) is 6. The zero-order valence-corrected chi connectivity index (χ0v) is 21.7. The highest BCUT2D eigenvalue weighted by Crippen LogP contribution is 2.21. The zero-order chi connectivity index (χ0) is 26.4. The van der Waals surface area contributed by atoms with Crippen LogP contribution in [0.5, 0.6) is 5.75 Å². The third-order valence-electron chi connectivity index (χ3n) is 5.28. The highest BCUT2D eigenvalue weighted by Gasteiger charge is 2.24. The third kappa shape index (κ3) is 11.1. The second-order valence-corrected chi connectivity index (χ2v) is 9.04. The number of rotatable bonds is 17. The van der Waals surface area contributed by atoms with Crippen molar-refractivity contribution in [3.05, 3.63) is 29.3 Å². The van der Waals surface area contributed by atoms with E-state index >= 15 is 0 Å². The predicted molar refractivity (Wildman–Crippen MR) is 138 cm³/mol. The van der Waals surface area contributed by atoms with Gasteiger partial charge in [0.1, 0.15) is 11.8 Å². The van der Waals surface area contributed by atoms with Gasteiger partial charge >= 0.3 is 0 Å². The number of Topliss-reactive ketones (excluding diaryl/α,β-unsaturated/α-hetero) is 1. The van der Waals surface area contributed by atoms with Crippen LogP contribution in [0.2, 0.25) is 0 Å². The Hall–Kier alpha value is -2.63. The fourth-order valence-electron chi connectivity index (χ4n) is 3.34. The summed E-state index contributed by atoms with van der Waals surface area (Å²) in [5.74, 6) is -0.832. The molecule has 0 aliphatic rings. The summed E-state index contributed by atoms with van der Waals surface area (Å²) < 4.78 is 8.31. The number of ether oxygens (including phenoxy) is 1. The molecule has 3 amide bonds. The molecule has 11 heteroatoms. The number of hydrogen-bond acceptors (Lipinski definition) is 8. The van der Waals surface area contributed by atoms with Crippen molar-refractivity contribution in [2.45, 2.75) is 65.0 Å². The molecule has 1 aromatic carbocycles. The molecule has 2 atom stereocenters. The van der Waals surface area contributed by atoms with Crippen LogP contribution >= 0.6 is 12.8 Å². The maximum Gasteiger partial charge on any atom is 0.255 e. The molecule has 0 bridgehead atoms. The molecule has 0 radical (unpaired) electrons. The maximum atomic E-state index is 12.7. The smallest absolute Gasteiger partial charge is 0.255 e. The van der Waals surface area contributed by atoms with Gasteiger partial charge in [0, 0.05) is 12.1 Å². The highest BCUT2D eigenvalue weighted by molar-refractivity contribution is 7.78. The van der Waals surface area contributed by atoms with Gasteiger partial charge in [0.15, 0.2) is 5.78 Å². The quantitative estimate of drug-likeness (QED) is 0.105. The number of benzene rings is 1. The van der Waals surface area contributed by atoms with E-state index in [0.29, 0.717) is 63.1 Å². The second kappa shape index (κ2) is 16.1. The van der Waals surface area contributed by atoms with Crippen LogP contribution in [0.3, 0.4) is 0 Å². The van der Waals surface area contributed by atoms with Gasteiger partial charge in [0.25, 0.3) is 5.91 Å². The van der Waals surface area contributed by atoms with Crippen molar-refractivity contribution in [3.8, 4) is 5.75 Å². The fraction of sp³-hybridized carbons (Fsp3) is 0.583. The van der Waals surface area contributed by atoms with Crippen LogP contribution in [0.4, 0.5) is 0 Å². The molecule has 0 spiro atoms. The predicted octanol–water partition coefficient (Wildman–Crippen LogP) is 1.34. The molecule has 1 aromatic rings. The van der Waals surface area contributed by atoms with Gasteiger partial charge in [-0.05, 0) is 69.7 Å². The van der Waals surface area contributed by atoms with Gasteiger partial charge in [0.2, 0.25) is 11.8 Å². The minimum absolute atomic E-state index is 0.157. The number of thiol groups is 1. The second-order valence-electron chi connectivity index (χ2n) is 8.78. The fourth-order valence-corrected chi connectivity index (χ4v) is 3.56. The van der Waals surface area contributed by atoms with E-state index < -0.39 is 18.0 Å². The lowest BCUT2D eigenvalue weighted by molar-refractivity contribution is -0.128. The lowest BCUT2D eigenvalue weighted by Gasteiger charge is -2.21. The van der Waals surface area contributed by atoms with Crippen molar-refractivity contribution in [1.82, 2.24) is 15.4 Å². The van der Waals surface area contributed by atoms with E-state index in [-0.39, 0.29) is 29.1 Å². The topological polar surface area (TPSA) is 166 Å². The van der Waals surface area contributed by atoms with Gasteiger partial charge in [-0.2, -0.15) is 0 Å². The number of amides is 3.